The highest BCUT2D eigenvalue weighted by atomic mass is 16.7. The summed E-state index contributed by atoms with van der Waals surface area (Å²) in [5.41, 5.74) is 1.40. The molecule has 0 bridgehead atoms. The number of anilines is 1. The van der Waals surface area contributed by atoms with Crippen LogP contribution in [0.3, 0.4) is 0 Å². The van der Waals surface area contributed by atoms with E-state index < -0.39 is 0 Å². The minimum absolute atomic E-state index is 0.204. The molecule has 0 spiro atoms. The van der Waals surface area contributed by atoms with Gasteiger partial charge in [-0.05, 0) is 19.1 Å². The highest BCUT2D eigenvalue weighted by Crippen LogP contribution is 2.34. The third-order valence-electron chi connectivity index (χ3n) is 2.73. The van der Waals surface area contributed by atoms with Crippen molar-refractivity contribution in [3.63, 3.8) is 0 Å². The maximum absolute atomic E-state index is 11.7. The van der Waals surface area contributed by atoms with E-state index in [1.807, 2.05) is 6.92 Å². The first-order valence-electron chi connectivity index (χ1n) is 6.07. The fourth-order valence-electron chi connectivity index (χ4n) is 1.82. The second kappa shape index (κ2) is 5.12. The van der Waals surface area contributed by atoms with Gasteiger partial charge in [-0.15, -0.1) is 0 Å². The number of aromatic nitrogens is 1. The first-order valence-corrected chi connectivity index (χ1v) is 6.07. The Hall–Kier alpha value is -2.70. The summed E-state index contributed by atoms with van der Waals surface area (Å²) in [7, 11) is 0. The van der Waals surface area contributed by atoms with Crippen LogP contribution in [-0.4, -0.2) is 18.0 Å². The fourth-order valence-corrected chi connectivity index (χ4v) is 1.82. The number of amides is 2. The van der Waals surface area contributed by atoms with Crippen LogP contribution in [0, 0.1) is 6.92 Å². The van der Waals surface area contributed by atoms with Crippen LogP contribution in [0.15, 0.2) is 28.8 Å². The molecule has 1 aromatic heterocycles. The van der Waals surface area contributed by atoms with Crippen molar-refractivity contribution >= 4 is 11.7 Å². The predicted octanol–water partition coefficient (Wildman–Crippen LogP) is 2.03. The quantitative estimate of drug-likeness (QED) is 0.895. The number of carbonyl (C=O) groups is 1. The van der Waals surface area contributed by atoms with E-state index >= 15 is 0 Å². The summed E-state index contributed by atoms with van der Waals surface area (Å²) in [5.74, 6) is 1.89. The number of nitrogens with one attached hydrogen (secondary N) is 2. The second-order valence-electron chi connectivity index (χ2n) is 4.31. The van der Waals surface area contributed by atoms with Gasteiger partial charge in [-0.1, -0.05) is 5.16 Å². The Morgan fingerprint density at radius 3 is 2.95 bits per heavy atom. The molecule has 2 heterocycles. The molecule has 0 unspecified atom stereocenters. The van der Waals surface area contributed by atoms with Crippen molar-refractivity contribution in [3.8, 4) is 11.5 Å². The molecule has 0 aliphatic carbocycles. The molecule has 0 atom stereocenters. The SMILES string of the molecule is Cc1cc(CNC(=O)Nc2ccc3c(c2)OCO3)on1. The molecule has 2 N–H and O–H groups in total. The van der Waals surface area contributed by atoms with E-state index in [1.165, 1.54) is 0 Å². The minimum atomic E-state index is -0.335. The van der Waals surface area contributed by atoms with E-state index in [1.54, 1.807) is 24.3 Å². The lowest BCUT2D eigenvalue weighted by Gasteiger charge is -2.06. The molecule has 1 aliphatic heterocycles. The Kier molecular flexibility index (Phi) is 3.16. The average Bonchev–Trinajstić information content (AvgIpc) is 3.04. The van der Waals surface area contributed by atoms with E-state index in [2.05, 4.69) is 15.8 Å². The molecule has 1 aromatic carbocycles. The van der Waals surface area contributed by atoms with Gasteiger partial charge < -0.3 is 24.6 Å². The number of hydrogen-bond acceptors (Lipinski definition) is 5. The monoisotopic (exact) mass is 275 g/mol. The molecular formula is C13H13N3O4. The molecule has 2 aromatic rings. The van der Waals surface area contributed by atoms with E-state index in [9.17, 15) is 4.79 Å². The molecule has 7 heteroatoms. The number of carbonyl (C=O) groups excluding carboxylic acids is 1. The largest absolute Gasteiger partial charge is 0.454 e. The van der Waals surface area contributed by atoms with Gasteiger partial charge in [0, 0.05) is 17.8 Å². The number of aryl methyl sites for hydroxylation is 1. The van der Waals surface area contributed by atoms with Gasteiger partial charge in [-0.2, -0.15) is 0 Å². The van der Waals surface area contributed by atoms with Crippen LogP contribution >= 0.6 is 0 Å². The van der Waals surface area contributed by atoms with Gasteiger partial charge in [0.15, 0.2) is 17.3 Å². The van der Waals surface area contributed by atoms with Crippen molar-refractivity contribution in [2.75, 3.05) is 12.1 Å². The third kappa shape index (κ3) is 2.66. The van der Waals surface area contributed by atoms with Crippen LogP contribution in [0.2, 0.25) is 0 Å². The average molecular weight is 275 g/mol. The van der Waals surface area contributed by atoms with Crippen LogP contribution in [0.4, 0.5) is 10.5 Å². The minimum Gasteiger partial charge on any atom is -0.454 e. The number of fused-ring (bicyclic) bond motifs is 1. The summed E-state index contributed by atoms with van der Waals surface area (Å²) in [4.78, 5) is 11.7. The number of nitrogens with zero attached hydrogens (tertiary/aromatic N) is 1. The van der Waals surface area contributed by atoms with Gasteiger partial charge in [0.05, 0.1) is 12.2 Å². The first kappa shape index (κ1) is 12.3. The van der Waals surface area contributed by atoms with Gasteiger partial charge in [0.1, 0.15) is 0 Å². The highest BCUT2D eigenvalue weighted by molar-refractivity contribution is 5.89. The van der Waals surface area contributed by atoms with Crippen molar-refractivity contribution < 1.29 is 18.8 Å². The van der Waals surface area contributed by atoms with Crippen LogP contribution in [0.25, 0.3) is 0 Å². The van der Waals surface area contributed by atoms with Gasteiger partial charge >= 0.3 is 6.03 Å². The molecule has 7 nitrogen and oxygen atoms in total. The second-order valence-corrected chi connectivity index (χ2v) is 4.31. The third-order valence-corrected chi connectivity index (χ3v) is 2.73. The van der Waals surface area contributed by atoms with Crippen LogP contribution in [0.1, 0.15) is 11.5 Å². The molecule has 0 radical (unpaired) electrons. The van der Waals surface area contributed by atoms with Gasteiger partial charge in [-0.25, -0.2) is 4.79 Å². The molecule has 20 heavy (non-hydrogen) atoms. The normalized spacial score (nSPS) is 12.2. The zero-order valence-electron chi connectivity index (χ0n) is 10.8. The van der Waals surface area contributed by atoms with Crippen LogP contribution < -0.4 is 20.1 Å². The maximum atomic E-state index is 11.7. The predicted molar refractivity (Wildman–Crippen MR) is 69.7 cm³/mol. The lowest BCUT2D eigenvalue weighted by Crippen LogP contribution is -2.27. The molecule has 0 fully saturated rings. The number of hydrogen-bond donors (Lipinski definition) is 2. The van der Waals surface area contributed by atoms with Gasteiger partial charge in [-0.3, -0.25) is 0 Å². The lowest BCUT2D eigenvalue weighted by atomic mass is 10.3. The smallest absolute Gasteiger partial charge is 0.319 e. The molecule has 104 valence electrons. The molecule has 0 saturated heterocycles. The van der Waals surface area contributed by atoms with Gasteiger partial charge in [0.25, 0.3) is 0 Å². The van der Waals surface area contributed by atoms with Crippen molar-refractivity contribution in [2.45, 2.75) is 13.5 Å². The summed E-state index contributed by atoms with van der Waals surface area (Å²) in [6.45, 7) is 2.30. The zero-order valence-corrected chi connectivity index (χ0v) is 10.8. The van der Waals surface area contributed by atoms with E-state index in [0.29, 0.717) is 22.9 Å². The van der Waals surface area contributed by atoms with E-state index in [4.69, 9.17) is 14.0 Å². The summed E-state index contributed by atoms with van der Waals surface area (Å²) < 4.78 is 15.4. The number of rotatable bonds is 3. The Balaban J connectivity index is 1.56. The van der Waals surface area contributed by atoms with Crippen molar-refractivity contribution in [2.24, 2.45) is 0 Å². The number of benzene rings is 1. The summed E-state index contributed by atoms with van der Waals surface area (Å²) in [6.07, 6.45) is 0. The summed E-state index contributed by atoms with van der Waals surface area (Å²) in [6, 6.07) is 6.63. The number of ether oxygens (including phenoxy) is 2. The fraction of sp³-hybridized carbons (Fsp3) is 0.231. The van der Waals surface area contributed by atoms with Gasteiger partial charge in [0.2, 0.25) is 6.79 Å². The molecule has 2 amide bonds. The number of urea groups is 1. The maximum Gasteiger partial charge on any atom is 0.319 e. The van der Waals surface area contributed by atoms with Crippen LogP contribution in [0.5, 0.6) is 11.5 Å². The van der Waals surface area contributed by atoms with Crippen molar-refractivity contribution in [1.82, 2.24) is 10.5 Å². The zero-order chi connectivity index (χ0) is 13.9. The Bertz CT molecular complexity index is 638. The molecule has 3 rings (SSSR count). The lowest BCUT2D eigenvalue weighted by molar-refractivity contribution is 0.174. The van der Waals surface area contributed by atoms with Crippen LogP contribution in [-0.2, 0) is 6.54 Å². The van der Waals surface area contributed by atoms with E-state index in [-0.39, 0.29) is 19.4 Å². The Morgan fingerprint density at radius 1 is 1.30 bits per heavy atom. The first-order chi connectivity index (χ1) is 9.70. The standard InChI is InChI=1S/C13H13N3O4/c1-8-4-10(20-16-8)6-14-13(17)15-9-2-3-11-12(5-9)19-7-18-11/h2-5H,6-7H2,1H3,(H2,14,15,17). The highest BCUT2D eigenvalue weighted by Gasteiger charge is 2.14. The molecule has 0 saturated carbocycles. The summed E-state index contributed by atoms with van der Waals surface area (Å²) >= 11 is 0. The van der Waals surface area contributed by atoms with Crippen molar-refractivity contribution in [1.29, 1.82) is 0 Å². The molecule has 1 aliphatic rings. The van der Waals surface area contributed by atoms with Crippen molar-refractivity contribution in [3.05, 3.63) is 35.7 Å². The molecular weight excluding hydrogens is 262 g/mol. The van der Waals surface area contributed by atoms with E-state index in [0.717, 1.165) is 5.69 Å². The topological polar surface area (TPSA) is 85.6 Å². The summed E-state index contributed by atoms with van der Waals surface area (Å²) in [5, 5.41) is 9.11. The Morgan fingerprint density at radius 2 is 2.15 bits per heavy atom. The Labute approximate surface area is 114 Å².